The molecule has 1 amide bonds. The van der Waals surface area contributed by atoms with Crippen molar-refractivity contribution in [1.82, 2.24) is 4.90 Å². The number of hydrogen-bond acceptors (Lipinski definition) is 4. The van der Waals surface area contributed by atoms with Gasteiger partial charge in [-0.15, -0.1) is 11.8 Å². The summed E-state index contributed by atoms with van der Waals surface area (Å²) in [6, 6.07) is 7.70. The number of nitrogens with zero attached hydrogens (tertiary/aromatic N) is 1. The molecule has 1 spiro atoms. The Morgan fingerprint density at radius 3 is 2.42 bits per heavy atom. The molecule has 1 heterocycles. The molecule has 0 aromatic heterocycles. The quantitative estimate of drug-likeness (QED) is 0.828. The number of carbonyl (C=O) groups is 2. The van der Waals surface area contributed by atoms with Crippen molar-refractivity contribution in [3.05, 3.63) is 24.3 Å². The van der Waals surface area contributed by atoms with Crippen LogP contribution < -0.4 is 4.74 Å². The van der Waals surface area contributed by atoms with E-state index in [4.69, 9.17) is 9.84 Å². The Morgan fingerprint density at radius 1 is 1.29 bits per heavy atom. The molecule has 1 N–H and O–H groups in total. The molecule has 1 aliphatic carbocycles. The number of carboxylic acid groups (broad SMARTS) is 1. The SMILES string of the molecule is COc1ccc(SC(C)C(=O)N2CCC3(CC2)CC3C(=O)O)cc1. The maximum atomic E-state index is 12.6. The van der Waals surface area contributed by atoms with Crippen LogP contribution in [0.2, 0.25) is 0 Å². The topological polar surface area (TPSA) is 66.8 Å². The maximum Gasteiger partial charge on any atom is 0.307 e. The summed E-state index contributed by atoms with van der Waals surface area (Å²) in [5, 5.41) is 8.99. The van der Waals surface area contributed by atoms with E-state index in [2.05, 4.69) is 0 Å². The lowest BCUT2D eigenvalue weighted by atomic mass is 9.90. The lowest BCUT2D eigenvalue weighted by Crippen LogP contribution is -2.43. The minimum atomic E-state index is -0.682. The van der Waals surface area contributed by atoms with Crippen molar-refractivity contribution in [2.24, 2.45) is 11.3 Å². The first-order valence-corrected chi connectivity index (χ1v) is 9.15. The van der Waals surface area contributed by atoms with Crippen LogP contribution in [0.15, 0.2) is 29.2 Å². The summed E-state index contributed by atoms with van der Waals surface area (Å²) in [4.78, 5) is 26.7. The van der Waals surface area contributed by atoms with Gasteiger partial charge in [-0.1, -0.05) is 0 Å². The maximum absolute atomic E-state index is 12.6. The molecule has 1 saturated heterocycles. The highest BCUT2D eigenvalue weighted by Crippen LogP contribution is 2.59. The van der Waals surface area contributed by atoms with Crippen molar-refractivity contribution in [1.29, 1.82) is 0 Å². The molecule has 1 saturated carbocycles. The van der Waals surface area contributed by atoms with Crippen LogP contribution in [0.1, 0.15) is 26.2 Å². The van der Waals surface area contributed by atoms with Gasteiger partial charge in [-0.2, -0.15) is 0 Å². The average molecular weight is 349 g/mol. The van der Waals surface area contributed by atoms with E-state index in [1.807, 2.05) is 36.1 Å². The summed E-state index contributed by atoms with van der Waals surface area (Å²) in [5.74, 6) is 0.0642. The lowest BCUT2D eigenvalue weighted by molar-refractivity contribution is -0.139. The van der Waals surface area contributed by atoms with Gasteiger partial charge in [-0.3, -0.25) is 9.59 Å². The molecular formula is C18H23NO4S. The van der Waals surface area contributed by atoms with Gasteiger partial charge >= 0.3 is 5.97 Å². The van der Waals surface area contributed by atoms with Gasteiger partial charge in [0.15, 0.2) is 0 Å². The van der Waals surface area contributed by atoms with Crippen LogP contribution in [0.5, 0.6) is 5.75 Å². The summed E-state index contributed by atoms with van der Waals surface area (Å²) in [6.07, 6.45) is 2.41. The number of piperidine rings is 1. The molecule has 1 aliphatic heterocycles. The van der Waals surface area contributed by atoms with Crippen LogP contribution in [0, 0.1) is 11.3 Å². The van der Waals surface area contributed by atoms with Crippen molar-refractivity contribution >= 4 is 23.6 Å². The van der Waals surface area contributed by atoms with Gasteiger partial charge in [0.05, 0.1) is 18.3 Å². The zero-order valence-electron chi connectivity index (χ0n) is 14.0. The number of methoxy groups -OCH3 is 1. The second-order valence-electron chi connectivity index (χ2n) is 6.72. The zero-order chi connectivity index (χ0) is 17.3. The molecule has 6 heteroatoms. The third-order valence-corrected chi connectivity index (χ3v) is 6.38. The van der Waals surface area contributed by atoms with E-state index < -0.39 is 5.97 Å². The summed E-state index contributed by atoms with van der Waals surface area (Å²) >= 11 is 1.54. The highest BCUT2D eigenvalue weighted by Gasteiger charge is 2.59. The van der Waals surface area contributed by atoms with Crippen molar-refractivity contribution in [2.45, 2.75) is 36.3 Å². The van der Waals surface area contributed by atoms with E-state index in [1.54, 1.807) is 18.9 Å². The first kappa shape index (κ1) is 17.1. The normalized spacial score (nSPS) is 22.9. The fraction of sp³-hybridized carbons (Fsp3) is 0.556. The number of benzene rings is 1. The van der Waals surface area contributed by atoms with Crippen LogP contribution >= 0.6 is 11.8 Å². The number of likely N-dealkylation sites (tertiary alicyclic amines) is 1. The van der Waals surface area contributed by atoms with Crippen LogP contribution in [-0.4, -0.2) is 47.3 Å². The fourth-order valence-corrected chi connectivity index (χ4v) is 4.54. The third-order valence-electron chi connectivity index (χ3n) is 5.28. The summed E-state index contributed by atoms with van der Waals surface area (Å²) in [5.41, 5.74) is -0.0328. The number of ether oxygens (including phenoxy) is 1. The van der Waals surface area contributed by atoms with Crippen molar-refractivity contribution in [3.8, 4) is 5.75 Å². The van der Waals surface area contributed by atoms with Crippen LogP contribution in [0.3, 0.4) is 0 Å². The van der Waals surface area contributed by atoms with E-state index in [0.717, 1.165) is 29.9 Å². The molecule has 0 bridgehead atoms. The smallest absolute Gasteiger partial charge is 0.307 e. The van der Waals surface area contributed by atoms with Crippen molar-refractivity contribution < 1.29 is 19.4 Å². The Hall–Kier alpha value is -1.69. The molecule has 24 heavy (non-hydrogen) atoms. The van der Waals surface area contributed by atoms with Crippen molar-refractivity contribution in [2.75, 3.05) is 20.2 Å². The van der Waals surface area contributed by atoms with Crippen LogP contribution in [0.4, 0.5) is 0 Å². The Morgan fingerprint density at radius 2 is 1.92 bits per heavy atom. The minimum absolute atomic E-state index is 0.0328. The highest BCUT2D eigenvalue weighted by atomic mass is 32.2. The Bertz CT molecular complexity index is 622. The standard InChI is InChI=1S/C18H23NO4S/c1-12(24-14-5-3-13(23-2)4-6-14)16(20)19-9-7-18(8-10-19)11-15(18)17(21)22/h3-6,12,15H,7-11H2,1-2H3,(H,21,22). The second kappa shape index (κ2) is 6.67. The number of amides is 1. The first-order valence-electron chi connectivity index (χ1n) is 8.27. The van der Waals surface area contributed by atoms with Gasteiger partial charge in [-0.25, -0.2) is 0 Å². The summed E-state index contributed by atoms with van der Waals surface area (Å²) in [7, 11) is 1.63. The summed E-state index contributed by atoms with van der Waals surface area (Å²) < 4.78 is 5.14. The van der Waals surface area contributed by atoms with Gasteiger partial charge in [0.1, 0.15) is 5.75 Å². The predicted molar refractivity (Wildman–Crippen MR) is 92.3 cm³/mol. The molecule has 2 fully saturated rings. The van der Waals surface area contributed by atoms with E-state index in [1.165, 1.54) is 0 Å². The first-order chi connectivity index (χ1) is 11.4. The molecule has 2 aliphatic rings. The molecule has 130 valence electrons. The van der Waals surface area contributed by atoms with Gasteiger partial charge < -0.3 is 14.7 Å². The van der Waals surface area contributed by atoms with E-state index in [0.29, 0.717) is 13.1 Å². The number of carboxylic acids is 1. The largest absolute Gasteiger partial charge is 0.497 e. The van der Waals surface area contributed by atoms with Gasteiger partial charge in [0, 0.05) is 18.0 Å². The number of carbonyl (C=O) groups excluding carboxylic acids is 1. The fourth-order valence-electron chi connectivity index (χ4n) is 3.59. The number of aliphatic carboxylic acids is 1. The van der Waals surface area contributed by atoms with E-state index >= 15 is 0 Å². The van der Waals surface area contributed by atoms with Gasteiger partial charge in [0.2, 0.25) is 5.91 Å². The lowest BCUT2D eigenvalue weighted by Gasteiger charge is -2.34. The zero-order valence-corrected chi connectivity index (χ0v) is 14.8. The number of thioether (sulfide) groups is 1. The molecule has 2 unspecified atom stereocenters. The van der Waals surface area contributed by atoms with E-state index in [9.17, 15) is 9.59 Å². The highest BCUT2D eigenvalue weighted by molar-refractivity contribution is 8.00. The van der Waals surface area contributed by atoms with Crippen LogP contribution in [0.25, 0.3) is 0 Å². The Labute approximate surface area is 146 Å². The molecular weight excluding hydrogens is 326 g/mol. The molecule has 1 aromatic rings. The number of hydrogen-bond donors (Lipinski definition) is 1. The minimum Gasteiger partial charge on any atom is -0.497 e. The second-order valence-corrected chi connectivity index (χ2v) is 8.13. The predicted octanol–water partition coefficient (Wildman–Crippen LogP) is 2.89. The molecule has 5 nitrogen and oxygen atoms in total. The molecule has 0 radical (unpaired) electrons. The molecule has 3 rings (SSSR count). The van der Waals surface area contributed by atoms with Crippen molar-refractivity contribution in [3.63, 3.8) is 0 Å². The number of rotatable bonds is 5. The summed E-state index contributed by atoms with van der Waals surface area (Å²) in [6.45, 7) is 3.28. The monoisotopic (exact) mass is 349 g/mol. The Kier molecular flexibility index (Phi) is 4.76. The Balaban J connectivity index is 1.52. The average Bonchev–Trinajstić information content (AvgIpc) is 3.29. The molecule has 1 aromatic carbocycles. The third kappa shape index (κ3) is 3.38. The van der Waals surface area contributed by atoms with Gasteiger partial charge in [-0.05, 0) is 55.9 Å². The van der Waals surface area contributed by atoms with Crippen LogP contribution in [-0.2, 0) is 9.59 Å². The van der Waals surface area contributed by atoms with E-state index in [-0.39, 0.29) is 22.5 Å². The van der Waals surface area contributed by atoms with Gasteiger partial charge in [0.25, 0.3) is 0 Å². The molecule has 2 atom stereocenters.